The average molecular weight is 435 g/mol. The molecule has 0 radical (unpaired) electrons. The molecule has 30 heavy (non-hydrogen) atoms. The number of benzene rings is 1. The van der Waals surface area contributed by atoms with Crippen LogP contribution in [-0.2, 0) is 12.8 Å². The summed E-state index contributed by atoms with van der Waals surface area (Å²) in [6, 6.07) is 8.74. The molecular weight excluding hydrogens is 421 g/mol. The Morgan fingerprint density at radius 1 is 1.10 bits per heavy atom. The van der Waals surface area contributed by atoms with Crippen LogP contribution in [0.3, 0.4) is 0 Å². The van der Waals surface area contributed by atoms with Gasteiger partial charge < -0.3 is 13.7 Å². The number of fused-ring (bicyclic) bond motifs is 1. The first-order chi connectivity index (χ1) is 14.4. The molecule has 1 aromatic carbocycles. The smallest absolute Gasteiger partial charge is 0.434 e. The highest BCUT2D eigenvalue weighted by molar-refractivity contribution is 6.28. The maximum atomic E-state index is 13.1. The molecule has 0 amide bonds. The first-order valence-electron chi connectivity index (χ1n) is 9.17. The van der Waals surface area contributed by atoms with Crippen molar-refractivity contribution in [3.05, 3.63) is 59.3 Å². The SMILES string of the molecule is FC(F)(F)c1cn(C2CC2)c(-c2ccc(COc3nc(Cl)nc4ccoc34)cc2)n1. The van der Waals surface area contributed by atoms with Crippen LogP contribution in [-0.4, -0.2) is 19.5 Å². The van der Waals surface area contributed by atoms with Crippen molar-refractivity contribution in [2.24, 2.45) is 0 Å². The molecule has 3 aromatic heterocycles. The molecule has 1 aliphatic rings. The number of alkyl halides is 3. The molecule has 0 spiro atoms. The molecule has 0 aliphatic heterocycles. The van der Waals surface area contributed by atoms with Crippen LogP contribution in [0.5, 0.6) is 5.88 Å². The zero-order valence-electron chi connectivity index (χ0n) is 15.4. The predicted octanol–water partition coefficient (Wildman–Crippen LogP) is 5.67. The van der Waals surface area contributed by atoms with E-state index in [0.29, 0.717) is 22.5 Å². The highest BCUT2D eigenvalue weighted by Crippen LogP contribution is 2.41. The van der Waals surface area contributed by atoms with E-state index in [1.165, 1.54) is 6.26 Å². The number of hydrogen-bond donors (Lipinski definition) is 0. The summed E-state index contributed by atoms with van der Waals surface area (Å²) in [7, 11) is 0. The minimum Gasteiger partial charge on any atom is -0.470 e. The average Bonchev–Trinajstić information content (AvgIpc) is 3.26. The molecule has 0 N–H and O–H groups in total. The predicted molar refractivity (Wildman–Crippen MR) is 102 cm³/mol. The van der Waals surface area contributed by atoms with Gasteiger partial charge in [0.2, 0.25) is 10.9 Å². The van der Waals surface area contributed by atoms with Gasteiger partial charge in [-0.1, -0.05) is 24.3 Å². The number of ether oxygens (including phenoxy) is 1. The van der Waals surface area contributed by atoms with E-state index in [-0.39, 0.29) is 23.8 Å². The zero-order chi connectivity index (χ0) is 20.9. The van der Waals surface area contributed by atoms with E-state index >= 15 is 0 Å². The van der Waals surface area contributed by atoms with Crippen molar-refractivity contribution < 1.29 is 22.3 Å². The molecule has 3 heterocycles. The molecule has 10 heteroatoms. The molecule has 1 saturated carbocycles. The lowest BCUT2D eigenvalue weighted by atomic mass is 10.1. The maximum absolute atomic E-state index is 13.1. The van der Waals surface area contributed by atoms with Crippen LogP contribution < -0.4 is 4.74 Å². The third-order valence-corrected chi connectivity index (χ3v) is 4.96. The van der Waals surface area contributed by atoms with Crippen LogP contribution in [0.2, 0.25) is 5.28 Å². The van der Waals surface area contributed by atoms with Crippen LogP contribution in [0, 0.1) is 0 Å². The first kappa shape index (κ1) is 18.9. The van der Waals surface area contributed by atoms with Crippen molar-refractivity contribution in [1.82, 2.24) is 19.5 Å². The van der Waals surface area contributed by atoms with Gasteiger partial charge in [-0.25, -0.2) is 9.97 Å². The van der Waals surface area contributed by atoms with E-state index in [1.807, 2.05) is 0 Å². The highest BCUT2D eigenvalue weighted by Gasteiger charge is 2.37. The summed E-state index contributed by atoms with van der Waals surface area (Å²) >= 11 is 5.90. The van der Waals surface area contributed by atoms with Crippen LogP contribution in [0.25, 0.3) is 22.5 Å². The summed E-state index contributed by atoms with van der Waals surface area (Å²) < 4.78 is 52.0. The van der Waals surface area contributed by atoms with Gasteiger partial charge in [-0.2, -0.15) is 18.2 Å². The Hall–Kier alpha value is -3.07. The minimum atomic E-state index is -4.47. The number of aromatic nitrogens is 4. The Bertz CT molecular complexity index is 1210. The number of imidazole rings is 1. The number of hydrogen-bond acceptors (Lipinski definition) is 5. The van der Waals surface area contributed by atoms with Gasteiger partial charge in [-0.15, -0.1) is 0 Å². The fourth-order valence-electron chi connectivity index (χ4n) is 3.18. The molecule has 6 nitrogen and oxygen atoms in total. The quantitative estimate of drug-likeness (QED) is 0.378. The van der Waals surface area contributed by atoms with Gasteiger partial charge >= 0.3 is 6.18 Å². The van der Waals surface area contributed by atoms with Gasteiger partial charge in [-0.3, -0.25) is 0 Å². The topological polar surface area (TPSA) is 66.0 Å². The molecule has 1 aliphatic carbocycles. The molecule has 0 saturated heterocycles. The number of furan rings is 1. The Morgan fingerprint density at radius 2 is 1.87 bits per heavy atom. The monoisotopic (exact) mass is 434 g/mol. The second kappa shape index (κ2) is 7.02. The molecule has 1 fully saturated rings. The van der Waals surface area contributed by atoms with Crippen LogP contribution in [0.15, 0.2) is 47.2 Å². The van der Waals surface area contributed by atoms with E-state index in [4.69, 9.17) is 20.8 Å². The summed E-state index contributed by atoms with van der Waals surface area (Å²) in [6.07, 6.45) is -0.199. The van der Waals surface area contributed by atoms with Gasteiger partial charge in [0.25, 0.3) is 5.88 Å². The van der Waals surface area contributed by atoms with Crippen LogP contribution >= 0.6 is 11.6 Å². The van der Waals surface area contributed by atoms with Crippen LogP contribution in [0.4, 0.5) is 13.2 Å². The highest BCUT2D eigenvalue weighted by atomic mass is 35.5. The van der Waals surface area contributed by atoms with Gasteiger partial charge in [0.15, 0.2) is 5.69 Å². The second-order valence-electron chi connectivity index (χ2n) is 7.00. The molecule has 5 rings (SSSR count). The molecule has 0 bridgehead atoms. The largest absolute Gasteiger partial charge is 0.470 e. The van der Waals surface area contributed by atoms with Gasteiger partial charge in [0, 0.05) is 23.9 Å². The maximum Gasteiger partial charge on any atom is 0.434 e. The molecule has 0 atom stereocenters. The third kappa shape index (κ3) is 3.60. The van der Waals surface area contributed by atoms with E-state index < -0.39 is 11.9 Å². The Balaban J connectivity index is 1.37. The summed E-state index contributed by atoms with van der Waals surface area (Å²) in [5, 5.41) is 0.0432. The van der Waals surface area contributed by atoms with Crippen molar-refractivity contribution >= 4 is 22.7 Å². The van der Waals surface area contributed by atoms with Crippen molar-refractivity contribution in [3.63, 3.8) is 0 Å². The third-order valence-electron chi connectivity index (χ3n) is 4.80. The van der Waals surface area contributed by atoms with Gasteiger partial charge in [0.1, 0.15) is 17.9 Å². The second-order valence-corrected chi connectivity index (χ2v) is 7.34. The van der Waals surface area contributed by atoms with E-state index in [1.54, 1.807) is 34.9 Å². The van der Waals surface area contributed by atoms with E-state index in [9.17, 15) is 13.2 Å². The van der Waals surface area contributed by atoms with Crippen molar-refractivity contribution in [2.45, 2.75) is 31.7 Å². The van der Waals surface area contributed by atoms with Crippen molar-refractivity contribution in [3.8, 4) is 17.3 Å². The lowest BCUT2D eigenvalue weighted by Crippen LogP contribution is -2.05. The Labute approximate surface area is 173 Å². The fourth-order valence-corrected chi connectivity index (χ4v) is 3.35. The number of nitrogens with zero attached hydrogens (tertiary/aromatic N) is 4. The zero-order valence-corrected chi connectivity index (χ0v) is 16.1. The number of rotatable bonds is 5. The normalized spacial score (nSPS) is 14.4. The minimum absolute atomic E-state index is 0.0432. The lowest BCUT2D eigenvalue weighted by molar-refractivity contribution is -0.140. The van der Waals surface area contributed by atoms with E-state index in [0.717, 1.165) is 24.6 Å². The molecule has 0 unspecified atom stereocenters. The van der Waals surface area contributed by atoms with Crippen molar-refractivity contribution in [2.75, 3.05) is 0 Å². The Morgan fingerprint density at radius 3 is 2.57 bits per heavy atom. The number of halogens is 4. The van der Waals surface area contributed by atoms with Crippen molar-refractivity contribution in [1.29, 1.82) is 0 Å². The summed E-state index contributed by atoms with van der Waals surface area (Å²) in [5.41, 5.74) is 1.46. The summed E-state index contributed by atoms with van der Waals surface area (Å²) in [4.78, 5) is 11.9. The van der Waals surface area contributed by atoms with Crippen LogP contribution in [0.1, 0.15) is 30.1 Å². The van der Waals surface area contributed by atoms with Gasteiger partial charge in [0.05, 0.1) is 6.26 Å². The Kier molecular flexibility index (Phi) is 4.43. The lowest BCUT2D eigenvalue weighted by Gasteiger charge is -2.08. The first-order valence-corrected chi connectivity index (χ1v) is 9.55. The van der Waals surface area contributed by atoms with E-state index in [2.05, 4.69) is 15.0 Å². The fraction of sp³-hybridized carbons (Fsp3) is 0.250. The molecule has 154 valence electrons. The molecule has 4 aromatic rings. The standard InChI is InChI=1S/C20H14ClF3N4O2/c21-19-25-14-7-8-29-16(14)18(27-19)30-10-11-1-3-12(4-2-11)17-26-15(20(22,23)24)9-28(17)13-5-6-13/h1-4,7-9,13H,5-6,10H2. The summed E-state index contributed by atoms with van der Waals surface area (Å²) in [5.74, 6) is 0.537. The molecular formula is C20H14ClF3N4O2. The summed E-state index contributed by atoms with van der Waals surface area (Å²) in [6.45, 7) is 0.175. The van der Waals surface area contributed by atoms with Gasteiger partial charge in [-0.05, 0) is 30.0 Å².